The second kappa shape index (κ2) is 4.61. The fraction of sp³-hybridized carbons (Fsp3) is 0.800. The van der Waals surface area contributed by atoms with Gasteiger partial charge in [0.25, 0.3) is 5.91 Å². The first-order chi connectivity index (χ1) is 7.27. The number of cyclic esters (lactones) is 1. The van der Waals surface area contributed by atoms with Crippen molar-refractivity contribution in [2.45, 2.75) is 25.3 Å². The first kappa shape index (κ1) is 10.4. The van der Waals surface area contributed by atoms with E-state index in [0.717, 1.165) is 25.9 Å². The van der Waals surface area contributed by atoms with Crippen LogP contribution in [-0.4, -0.2) is 49.1 Å². The molecule has 0 aromatic carbocycles. The summed E-state index contributed by atoms with van der Waals surface area (Å²) in [5, 5.41) is 3.26. The highest BCUT2D eigenvalue weighted by atomic mass is 16.5. The molecule has 2 aliphatic heterocycles. The van der Waals surface area contributed by atoms with Crippen LogP contribution in [0.4, 0.5) is 0 Å². The molecule has 15 heavy (non-hydrogen) atoms. The summed E-state index contributed by atoms with van der Waals surface area (Å²) in [4.78, 5) is 24.5. The van der Waals surface area contributed by atoms with Crippen molar-refractivity contribution in [2.24, 2.45) is 0 Å². The van der Waals surface area contributed by atoms with Gasteiger partial charge in [-0.05, 0) is 19.4 Å². The molecule has 1 unspecified atom stereocenters. The highest BCUT2D eigenvalue weighted by Gasteiger charge is 2.28. The summed E-state index contributed by atoms with van der Waals surface area (Å²) in [5.41, 5.74) is 0. The molecule has 0 aromatic heterocycles. The maximum atomic E-state index is 11.7. The molecule has 0 aliphatic carbocycles. The Bertz CT molecular complexity index is 261. The lowest BCUT2D eigenvalue weighted by atomic mass is 10.1. The van der Waals surface area contributed by atoms with Crippen LogP contribution in [0.5, 0.6) is 0 Å². The van der Waals surface area contributed by atoms with Gasteiger partial charge in [0.2, 0.25) is 0 Å². The van der Waals surface area contributed by atoms with Crippen molar-refractivity contribution in [1.82, 2.24) is 10.2 Å². The first-order valence-electron chi connectivity index (χ1n) is 5.43. The van der Waals surface area contributed by atoms with Gasteiger partial charge in [-0.3, -0.25) is 9.59 Å². The minimum Gasteiger partial charge on any atom is -0.456 e. The van der Waals surface area contributed by atoms with Gasteiger partial charge >= 0.3 is 5.97 Å². The third-order valence-electron chi connectivity index (χ3n) is 2.95. The van der Waals surface area contributed by atoms with E-state index in [1.54, 1.807) is 4.90 Å². The highest BCUT2D eigenvalue weighted by molar-refractivity contribution is 5.83. The third kappa shape index (κ3) is 2.47. The average Bonchev–Trinajstić information content (AvgIpc) is 2.43. The molecule has 1 atom stereocenters. The normalized spacial score (nSPS) is 28.5. The lowest BCUT2D eigenvalue weighted by molar-refractivity contribution is -0.148. The molecule has 0 radical (unpaired) electrons. The van der Waals surface area contributed by atoms with Gasteiger partial charge < -0.3 is 15.0 Å². The van der Waals surface area contributed by atoms with Crippen molar-refractivity contribution in [3.05, 3.63) is 0 Å². The van der Waals surface area contributed by atoms with E-state index in [1.807, 2.05) is 0 Å². The average molecular weight is 212 g/mol. The molecule has 2 aliphatic rings. The van der Waals surface area contributed by atoms with Crippen LogP contribution in [0.1, 0.15) is 19.3 Å². The first-order valence-corrected chi connectivity index (χ1v) is 5.43. The largest absolute Gasteiger partial charge is 0.456 e. The summed E-state index contributed by atoms with van der Waals surface area (Å²) >= 11 is 0. The summed E-state index contributed by atoms with van der Waals surface area (Å²) in [7, 11) is 0. The van der Waals surface area contributed by atoms with Crippen LogP contribution < -0.4 is 5.32 Å². The Kier molecular flexibility index (Phi) is 3.20. The van der Waals surface area contributed by atoms with Gasteiger partial charge in [0.15, 0.2) is 6.61 Å². The zero-order chi connectivity index (χ0) is 10.7. The van der Waals surface area contributed by atoms with E-state index < -0.39 is 0 Å². The number of nitrogens with one attached hydrogen (secondary N) is 1. The zero-order valence-corrected chi connectivity index (χ0v) is 8.70. The molecule has 0 aromatic rings. The fourth-order valence-corrected chi connectivity index (χ4v) is 2.12. The van der Waals surface area contributed by atoms with E-state index in [0.29, 0.717) is 13.0 Å². The maximum absolute atomic E-state index is 11.7. The second-order valence-electron chi connectivity index (χ2n) is 4.00. The van der Waals surface area contributed by atoms with Gasteiger partial charge in [0.1, 0.15) is 0 Å². The van der Waals surface area contributed by atoms with Crippen LogP contribution >= 0.6 is 0 Å². The van der Waals surface area contributed by atoms with Crippen molar-refractivity contribution >= 4 is 11.9 Å². The van der Waals surface area contributed by atoms with E-state index in [1.165, 1.54) is 0 Å². The van der Waals surface area contributed by atoms with Crippen LogP contribution in [0.25, 0.3) is 0 Å². The van der Waals surface area contributed by atoms with E-state index >= 15 is 0 Å². The van der Waals surface area contributed by atoms with Crippen molar-refractivity contribution in [3.63, 3.8) is 0 Å². The Morgan fingerprint density at radius 2 is 2.27 bits per heavy atom. The van der Waals surface area contributed by atoms with Gasteiger partial charge in [0.05, 0.1) is 6.42 Å². The van der Waals surface area contributed by atoms with Crippen LogP contribution in [0.3, 0.4) is 0 Å². The van der Waals surface area contributed by atoms with Crippen LogP contribution in [-0.2, 0) is 14.3 Å². The molecule has 0 saturated carbocycles. The van der Waals surface area contributed by atoms with Crippen molar-refractivity contribution < 1.29 is 14.3 Å². The lowest BCUT2D eigenvalue weighted by Crippen LogP contribution is -2.49. The number of rotatable bonds is 1. The Hall–Kier alpha value is -1.10. The number of ether oxygens (including phenoxy) is 1. The topological polar surface area (TPSA) is 58.6 Å². The number of hydrogen-bond acceptors (Lipinski definition) is 4. The molecular formula is C10H16N2O3. The van der Waals surface area contributed by atoms with E-state index in [4.69, 9.17) is 4.74 Å². The van der Waals surface area contributed by atoms with Crippen molar-refractivity contribution in [1.29, 1.82) is 0 Å². The minimum absolute atomic E-state index is 0.0606. The molecule has 2 rings (SSSR count). The van der Waals surface area contributed by atoms with Gasteiger partial charge in [-0.15, -0.1) is 0 Å². The van der Waals surface area contributed by atoms with Crippen molar-refractivity contribution in [2.75, 3.05) is 26.2 Å². The molecule has 2 saturated heterocycles. The molecule has 2 fully saturated rings. The number of amides is 1. The molecule has 84 valence electrons. The summed E-state index contributed by atoms with van der Waals surface area (Å²) in [5.74, 6) is -0.329. The summed E-state index contributed by atoms with van der Waals surface area (Å²) < 4.78 is 4.79. The molecule has 5 nitrogen and oxygen atoms in total. The molecule has 0 bridgehead atoms. The molecule has 0 spiro atoms. The summed E-state index contributed by atoms with van der Waals surface area (Å²) in [6, 6.07) is 0.237. The Morgan fingerprint density at radius 1 is 1.40 bits per heavy atom. The molecule has 2 heterocycles. The predicted octanol–water partition coefficient (Wildman–Crippen LogP) is -0.486. The van der Waals surface area contributed by atoms with Crippen LogP contribution in [0.15, 0.2) is 0 Å². The SMILES string of the molecule is O=C1CCN(C2CCCNC2)C(=O)CO1. The predicted molar refractivity (Wildman–Crippen MR) is 53.2 cm³/mol. The standard InChI is InChI=1S/C10H16N2O3/c13-9-7-15-10(14)3-5-12(9)8-2-1-4-11-6-8/h8,11H,1-7H2. The van der Waals surface area contributed by atoms with Crippen LogP contribution in [0, 0.1) is 0 Å². The highest BCUT2D eigenvalue weighted by Crippen LogP contribution is 2.13. The number of nitrogens with zero attached hydrogens (tertiary/aromatic N) is 1. The van der Waals surface area contributed by atoms with Gasteiger partial charge in [0, 0.05) is 19.1 Å². The Morgan fingerprint density at radius 3 is 3.00 bits per heavy atom. The fourth-order valence-electron chi connectivity index (χ4n) is 2.12. The Balaban J connectivity index is 1.99. The second-order valence-corrected chi connectivity index (χ2v) is 4.00. The van der Waals surface area contributed by atoms with E-state index in [9.17, 15) is 9.59 Å². The number of carbonyl (C=O) groups excluding carboxylic acids is 2. The number of piperidine rings is 1. The van der Waals surface area contributed by atoms with Crippen molar-refractivity contribution in [3.8, 4) is 0 Å². The monoisotopic (exact) mass is 212 g/mol. The van der Waals surface area contributed by atoms with Gasteiger partial charge in [-0.1, -0.05) is 0 Å². The third-order valence-corrected chi connectivity index (χ3v) is 2.95. The smallest absolute Gasteiger partial charge is 0.308 e. The number of carbonyl (C=O) groups is 2. The molecular weight excluding hydrogens is 196 g/mol. The lowest BCUT2D eigenvalue weighted by Gasteiger charge is -2.33. The van der Waals surface area contributed by atoms with Gasteiger partial charge in [-0.2, -0.15) is 0 Å². The number of esters is 1. The molecule has 5 heteroatoms. The van der Waals surface area contributed by atoms with E-state index in [2.05, 4.69) is 5.32 Å². The summed E-state index contributed by atoms with van der Waals surface area (Å²) in [6.07, 6.45) is 2.43. The van der Waals surface area contributed by atoms with Crippen LogP contribution in [0.2, 0.25) is 0 Å². The summed E-state index contributed by atoms with van der Waals surface area (Å²) in [6.45, 7) is 2.27. The minimum atomic E-state index is -0.269. The quantitative estimate of drug-likeness (QED) is 0.596. The van der Waals surface area contributed by atoms with Gasteiger partial charge in [-0.25, -0.2) is 0 Å². The zero-order valence-electron chi connectivity index (χ0n) is 8.70. The maximum Gasteiger partial charge on any atom is 0.308 e. The Labute approximate surface area is 88.8 Å². The molecule has 1 amide bonds. The number of hydrogen-bond donors (Lipinski definition) is 1. The molecule has 1 N–H and O–H groups in total. The van der Waals surface area contributed by atoms with E-state index in [-0.39, 0.29) is 24.5 Å².